The third-order valence-electron chi connectivity index (χ3n) is 3.78. The fourth-order valence-corrected chi connectivity index (χ4v) is 2.74. The van der Waals surface area contributed by atoms with Crippen molar-refractivity contribution in [2.45, 2.75) is 26.3 Å². The standard InChI is InChI=1S/C18H20N2O/c1-3-12-20-17-7-5-4-6-16(17)19-18(20)13-14-8-10-15(21-2)11-9-14/h4-11H,3,12-13H2,1-2H3/p+1. The predicted octanol–water partition coefficient (Wildman–Crippen LogP) is 3.46. The number of aryl methyl sites for hydroxylation is 1. The summed E-state index contributed by atoms with van der Waals surface area (Å²) in [4.78, 5) is 3.56. The van der Waals surface area contributed by atoms with E-state index in [4.69, 9.17) is 4.74 Å². The van der Waals surface area contributed by atoms with Gasteiger partial charge in [-0.15, -0.1) is 0 Å². The van der Waals surface area contributed by atoms with Gasteiger partial charge in [0.15, 0.2) is 11.0 Å². The SMILES string of the molecule is CCC[n+]1c(Cc2ccc(OC)cc2)[nH]c2ccccc21. The summed E-state index contributed by atoms with van der Waals surface area (Å²) in [5.74, 6) is 2.15. The summed E-state index contributed by atoms with van der Waals surface area (Å²) in [6.45, 7) is 3.25. The van der Waals surface area contributed by atoms with Crippen molar-refractivity contribution in [2.24, 2.45) is 0 Å². The molecule has 108 valence electrons. The van der Waals surface area contributed by atoms with E-state index in [1.54, 1.807) is 7.11 Å². The molecule has 0 bridgehead atoms. The van der Waals surface area contributed by atoms with Crippen molar-refractivity contribution in [3.63, 3.8) is 0 Å². The molecule has 1 aromatic heterocycles. The van der Waals surface area contributed by atoms with Crippen LogP contribution in [0.2, 0.25) is 0 Å². The number of methoxy groups -OCH3 is 1. The van der Waals surface area contributed by atoms with E-state index >= 15 is 0 Å². The Labute approximate surface area is 125 Å². The number of hydrogen-bond donors (Lipinski definition) is 1. The smallest absolute Gasteiger partial charge is 0.259 e. The fraction of sp³-hybridized carbons (Fsp3) is 0.278. The Balaban J connectivity index is 1.96. The van der Waals surface area contributed by atoms with Crippen LogP contribution in [0.5, 0.6) is 5.75 Å². The molecule has 0 atom stereocenters. The van der Waals surface area contributed by atoms with Crippen LogP contribution in [0.3, 0.4) is 0 Å². The molecule has 2 aromatic carbocycles. The van der Waals surface area contributed by atoms with Crippen molar-refractivity contribution in [1.29, 1.82) is 0 Å². The highest BCUT2D eigenvalue weighted by molar-refractivity contribution is 5.71. The average molecular weight is 281 g/mol. The molecule has 0 amide bonds. The van der Waals surface area contributed by atoms with E-state index in [1.165, 1.54) is 22.4 Å². The first-order valence-corrected chi connectivity index (χ1v) is 7.44. The Morgan fingerprint density at radius 2 is 1.81 bits per heavy atom. The number of benzene rings is 2. The molecule has 0 aliphatic carbocycles. The summed E-state index contributed by atoms with van der Waals surface area (Å²) in [5, 5.41) is 0. The van der Waals surface area contributed by atoms with Gasteiger partial charge in [-0.2, -0.15) is 0 Å². The van der Waals surface area contributed by atoms with E-state index in [-0.39, 0.29) is 0 Å². The normalized spacial score (nSPS) is 11.0. The quantitative estimate of drug-likeness (QED) is 0.713. The number of para-hydroxylation sites is 2. The molecule has 0 saturated carbocycles. The zero-order valence-electron chi connectivity index (χ0n) is 12.6. The summed E-state index contributed by atoms with van der Waals surface area (Å²) in [6.07, 6.45) is 2.03. The van der Waals surface area contributed by atoms with Crippen LogP contribution in [0, 0.1) is 0 Å². The van der Waals surface area contributed by atoms with Crippen LogP contribution in [-0.2, 0) is 13.0 Å². The third-order valence-corrected chi connectivity index (χ3v) is 3.78. The molecule has 0 aliphatic rings. The summed E-state index contributed by atoms with van der Waals surface area (Å²) in [5.41, 5.74) is 3.77. The molecular formula is C18H21N2O+. The van der Waals surface area contributed by atoms with Gasteiger partial charge in [-0.25, -0.2) is 9.55 Å². The number of ether oxygens (including phenoxy) is 1. The van der Waals surface area contributed by atoms with Gasteiger partial charge in [0.1, 0.15) is 5.75 Å². The first-order chi connectivity index (χ1) is 10.3. The van der Waals surface area contributed by atoms with Crippen molar-refractivity contribution in [3.05, 3.63) is 59.9 Å². The van der Waals surface area contributed by atoms with Gasteiger partial charge in [-0.3, -0.25) is 0 Å². The van der Waals surface area contributed by atoms with Crippen LogP contribution in [-0.4, -0.2) is 12.1 Å². The maximum Gasteiger partial charge on any atom is 0.259 e. The number of imidazole rings is 1. The molecule has 0 spiro atoms. The van der Waals surface area contributed by atoms with Crippen LogP contribution in [0.25, 0.3) is 11.0 Å². The van der Waals surface area contributed by atoms with Gasteiger partial charge >= 0.3 is 0 Å². The Hall–Kier alpha value is -2.29. The number of nitrogens with one attached hydrogen (secondary N) is 1. The lowest BCUT2D eigenvalue weighted by atomic mass is 10.1. The second-order valence-electron chi connectivity index (χ2n) is 5.27. The lowest BCUT2D eigenvalue weighted by Gasteiger charge is -2.03. The number of aromatic amines is 1. The van der Waals surface area contributed by atoms with Crippen LogP contribution >= 0.6 is 0 Å². The minimum absolute atomic E-state index is 0.900. The first-order valence-electron chi connectivity index (χ1n) is 7.44. The van der Waals surface area contributed by atoms with Gasteiger partial charge in [0.2, 0.25) is 0 Å². The molecule has 3 nitrogen and oxygen atoms in total. The Morgan fingerprint density at radius 3 is 2.52 bits per heavy atom. The number of hydrogen-bond acceptors (Lipinski definition) is 1. The summed E-state index contributed by atoms with van der Waals surface area (Å²) in [7, 11) is 1.70. The largest absolute Gasteiger partial charge is 0.497 e. The molecule has 3 rings (SSSR count). The average Bonchev–Trinajstić information content (AvgIpc) is 2.86. The minimum atomic E-state index is 0.900. The molecule has 0 fully saturated rings. The maximum atomic E-state index is 5.22. The molecular weight excluding hydrogens is 260 g/mol. The number of rotatable bonds is 5. The van der Waals surface area contributed by atoms with Gasteiger partial charge < -0.3 is 4.74 Å². The zero-order chi connectivity index (χ0) is 14.7. The number of nitrogens with zero attached hydrogens (tertiary/aromatic N) is 1. The third kappa shape index (κ3) is 2.77. The van der Waals surface area contributed by atoms with E-state index < -0.39 is 0 Å². The molecule has 3 heteroatoms. The number of aromatic nitrogens is 2. The van der Waals surface area contributed by atoms with Crippen molar-refractivity contribution < 1.29 is 9.30 Å². The van der Waals surface area contributed by atoms with Crippen molar-refractivity contribution >= 4 is 11.0 Å². The molecule has 0 radical (unpaired) electrons. The molecule has 21 heavy (non-hydrogen) atoms. The van der Waals surface area contributed by atoms with Crippen molar-refractivity contribution in [3.8, 4) is 5.75 Å². The predicted molar refractivity (Wildman–Crippen MR) is 84.6 cm³/mol. The topological polar surface area (TPSA) is 28.9 Å². The molecule has 0 aliphatic heterocycles. The summed E-state index contributed by atoms with van der Waals surface area (Å²) in [6, 6.07) is 16.8. The lowest BCUT2D eigenvalue weighted by Crippen LogP contribution is -2.36. The highest BCUT2D eigenvalue weighted by Gasteiger charge is 2.17. The van der Waals surface area contributed by atoms with E-state index in [0.29, 0.717) is 0 Å². The van der Waals surface area contributed by atoms with Crippen LogP contribution in [0.4, 0.5) is 0 Å². The summed E-state index contributed by atoms with van der Waals surface area (Å²) >= 11 is 0. The van der Waals surface area contributed by atoms with Crippen LogP contribution < -0.4 is 9.30 Å². The number of fused-ring (bicyclic) bond motifs is 1. The monoisotopic (exact) mass is 281 g/mol. The Morgan fingerprint density at radius 1 is 1.05 bits per heavy atom. The molecule has 0 saturated heterocycles. The molecule has 3 aromatic rings. The summed E-state index contributed by atoms with van der Waals surface area (Å²) < 4.78 is 7.61. The van der Waals surface area contributed by atoms with E-state index in [9.17, 15) is 0 Å². The molecule has 1 heterocycles. The minimum Gasteiger partial charge on any atom is -0.497 e. The van der Waals surface area contributed by atoms with Gasteiger partial charge in [-0.1, -0.05) is 31.2 Å². The Kier molecular flexibility index (Phi) is 3.91. The second kappa shape index (κ2) is 6.00. The van der Waals surface area contributed by atoms with Crippen LogP contribution in [0.1, 0.15) is 24.7 Å². The van der Waals surface area contributed by atoms with Crippen molar-refractivity contribution in [2.75, 3.05) is 7.11 Å². The first kappa shape index (κ1) is 13.7. The zero-order valence-corrected chi connectivity index (χ0v) is 12.6. The molecule has 1 N–H and O–H groups in total. The lowest BCUT2D eigenvalue weighted by molar-refractivity contribution is -0.678. The molecule has 0 unspecified atom stereocenters. The van der Waals surface area contributed by atoms with Crippen molar-refractivity contribution in [1.82, 2.24) is 4.98 Å². The van der Waals surface area contributed by atoms with E-state index in [1.807, 2.05) is 12.1 Å². The fourth-order valence-electron chi connectivity index (χ4n) is 2.74. The van der Waals surface area contributed by atoms with Gasteiger partial charge in [-0.05, 0) is 36.2 Å². The van der Waals surface area contributed by atoms with Gasteiger partial charge in [0.05, 0.1) is 20.1 Å². The van der Waals surface area contributed by atoms with Gasteiger partial charge in [0, 0.05) is 0 Å². The van der Waals surface area contributed by atoms with Crippen LogP contribution in [0.15, 0.2) is 48.5 Å². The number of H-pyrrole nitrogens is 1. The van der Waals surface area contributed by atoms with E-state index in [0.717, 1.165) is 25.1 Å². The highest BCUT2D eigenvalue weighted by atomic mass is 16.5. The second-order valence-corrected chi connectivity index (χ2v) is 5.27. The van der Waals surface area contributed by atoms with Gasteiger partial charge in [0.25, 0.3) is 5.82 Å². The van der Waals surface area contributed by atoms with E-state index in [2.05, 4.69) is 52.9 Å². The Bertz CT molecular complexity index is 729. The highest BCUT2D eigenvalue weighted by Crippen LogP contribution is 2.15. The maximum absolute atomic E-state index is 5.22.